The van der Waals surface area contributed by atoms with Crippen LogP contribution in [-0.4, -0.2) is 23.2 Å². The van der Waals surface area contributed by atoms with Gasteiger partial charge in [0.15, 0.2) is 5.82 Å². The van der Waals surface area contributed by atoms with Gasteiger partial charge in [-0.2, -0.15) is 4.98 Å². The molecule has 2 aromatic rings. The maximum Gasteiger partial charge on any atom is 0.223 e. The van der Waals surface area contributed by atoms with Crippen LogP contribution in [-0.2, 0) is 16.8 Å². The predicted octanol–water partition coefficient (Wildman–Crippen LogP) is 2.90. The van der Waals surface area contributed by atoms with Crippen molar-refractivity contribution in [3.8, 4) is 5.75 Å². The molecule has 1 saturated carbocycles. The number of benzene rings is 1. The number of hydrogen-bond acceptors (Lipinski definition) is 5. The summed E-state index contributed by atoms with van der Waals surface area (Å²) in [6.07, 6.45) is 4.97. The Bertz CT molecular complexity index is 688. The minimum absolute atomic E-state index is 0.0233. The normalized spacial score (nSPS) is 16.1. The van der Waals surface area contributed by atoms with Crippen LogP contribution in [0.4, 0.5) is 0 Å². The van der Waals surface area contributed by atoms with Crippen molar-refractivity contribution < 1.29 is 14.1 Å². The fourth-order valence-electron chi connectivity index (χ4n) is 3.26. The molecule has 1 aromatic carbocycles. The Morgan fingerprint density at radius 3 is 2.58 bits per heavy atom. The zero-order chi connectivity index (χ0) is 17.0. The minimum atomic E-state index is -0.464. The number of nitrogens with one attached hydrogen (secondary N) is 1. The largest absolute Gasteiger partial charge is 0.497 e. The average Bonchev–Trinajstić information content (AvgIpc) is 3.23. The van der Waals surface area contributed by atoms with Crippen LogP contribution in [0.5, 0.6) is 5.75 Å². The zero-order valence-electron chi connectivity index (χ0n) is 14.2. The Kier molecular flexibility index (Phi) is 4.83. The highest BCUT2D eigenvalue weighted by molar-refractivity contribution is 5.77. The molecule has 6 heteroatoms. The summed E-state index contributed by atoms with van der Waals surface area (Å²) in [5.41, 5.74) is 0.649. The standard InChI is InChI=1S/C18H23N3O3/c1-13-19-17(21-24-13)18(11-3-4-12-18)20-16(22)10-7-14-5-8-15(23-2)9-6-14/h5-6,8-9H,3-4,7,10-12H2,1-2H3,(H,20,22). The van der Waals surface area contributed by atoms with E-state index in [1.807, 2.05) is 24.3 Å². The number of ether oxygens (including phenoxy) is 1. The first-order chi connectivity index (χ1) is 11.6. The van der Waals surface area contributed by atoms with Gasteiger partial charge in [0.25, 0.3) is 0 Å². The molecule has 24 heavy (non-hydrogen) atoms. The quantitative estimate of drug-likeness (QED) is 0.882. The molecule has 1 aromatic heterocycles. The molecule has 1 heterocycles. The van der Waals surface area contributed by atoms with Crippen molar-refractivity contribution in [2.24, 2.45) is 0 Å². The minimum Gasteiger partial charge on any atom is -0.497 e. The molecule has 1 aliphatic carbocycles. The highest BCUT2D eigenvalue weighted by Gasteiger charge is 2.41. The third-order valence-corrected chi connectivity index (χ3v) is 4.59. The predicted molar refractivity (Wildman–Crippen MR) is 88.6 cm³/mol. The first kappa shape index (κ1) is 16.5. The number of nitrogens with zero attached hydrogens (tertiary/aromatic N) is 2. The highest BCUT2D eigenvalue weighted by Crippen LogP contribution is 2.37. The Morgan fingerprint density at radius 2 is 2.00 bits per heavy atom. The van der Waals surface area contributed by atoms with Crippen LogP contribution in [0, 0.1) is 6.92 Å². The topological polar surface area (TPSA) is 77.2 Å². The molecule has 0 aliphatic heterocycles. The molecule has 0 atom stereocenters. The van der Waals surface area contributed by atoms with Crippen LogP contribution < -0.4 is 10.1 Å². The van der Waals surface area contributed by atoms with Gasteiger partial charge in [-0.1, -0.05) is 30.1 Å². The van der Waals surface area contributed by atoms with Crippen LogP contribution in [0.2, 0.25) is 0 Å². The fourth-order valence-corrected chi connectivity index (χ4v) is 3.26. The number of carbonyl (C=O) groups is 1. The van der Waals surface area contributed by atoms with E-state index in [0.717, 1.165) is 37.0 Å². The Labute approximate surface area is 141 Å². The van der Waals surface area contributed by atoms with Gasteiger partial charge in [-0.15, -0.1) is 0 Å². The lowest BCUT2D eigenvalue weighted by molar-refractivity contribution is -0.123. The van der Waals surface area contributed by atoms with Gasteiger partial charge in [-0.05, 0) is 37.0 Å². The number of hydrogen-bond donors (Lipinski definition) is 1. The Morgan fingerprint density at radius 1 is 1.29 bits per heavy atom. The summed E-state index contributed by atoms with van der Waals surface area (Å²) < 4.78 is 10.3. The molecule has 1 N–H and O–H groups in total. The van der Waals surface area contributed by atoms with Crippen LogP contribution >= 0.6 is 0 Å². The lowest BCUT2D eigenvalue weighted by Crippen LogP contribution is -2.44. The molecule has 1 amide bonds. The van der Waals surface area contributed by atoms with Crippen molar-refractivity contribution in [2.75, 3.05) is 7.11 Å². The second kappa shape index (κ2) is 7.03. The molecule has 0 radical (unpaired) electrons. The Balaban J connectivity index is 1.61. The van der Waals surface area contributed by atoms with Crippen LogP contribution in [0.25, 0.3) is 0 Å². The van der Waals surface area contributed by atoms with Gasteiger partial charge in [-0.25, -0.2) is 0 Å². The molecule has 1 fully saturated rings. The highest BCUT2D eigenvalue weighted by atomic mass is 16.5. The first-order valence-electron chi connectivity index (χ1n) is 8.36. The summed E-state index contributed by atoms with van der Waals surface area (Å²) >= 11 is 0. The number of aromatic nitrogens is 2. The van der Waals surface area contributed by atoms with Crippen LogP contribution in [0.15, 0.2) is 28.8 Å². The van der Waals surface area contributed by atoms with E-state index < -0.39 is 5.54 Å². The number of rotatable bonds is 6. The van der Waals surface area contributed by atoms with Crippen molar-refractivity contribution in [3.05, 3.63) is 41.5 Å². The van der Waals surface area contributed by atoms with Crippen molar-refractivity contribution in [2.45, 2.75) is 51.0 Å². The average molecular weight is 329 g/mol. The maximum absolute atomic E-state index is 12.5. The third-order valence-electron chi connectivity index (χ3n) is 4.59. The van der Waals surface area contributed by atoms with E-state index >= 15 is 0 Å². The second-order valence-corrected chi connectivity index (χ2v) is 6.32. The fraction of sp³-hybridized carbons (Fsp3) is 0.500. The van der Waals surface area contributed by atoms with Gasteiger partial charge in [0.05, 0.1) is 7.11 Å². The number of amides is 1. The summed E-state index contributed by atoms with van der Waals surface area (Å²) in [4.78, 5) is 16.8. The first-order valence-corrected chi connectivity index (χ1v) is 8.36. The summed E-state index contributed by atoms with van der Waals surface area (Å²) in [7, 11) is 1.64. The van der Waals surface area contributed by atoms with Crippen molar-refractivity contribution in [3.63, 3.8) is 0 Å². The van der Waals surface area contributed by atoms with E-state index in [0.29, 0.717) is 24.6 Å². The van der Waals surface area contributed by atoms with Gasteiger partial charge in [-0.3, -0.25) is 4.79 Å². The molecule has 0 saturated heterocycles. The summed E-state index contributed by atoms with van der Waals surface area (Å²) in [5, 5.41) is 7.21. The smallest absolute Gasteiger partial charge is 0.223 e. The number of carbonyl (C=O) groups excluding carboxylic acids is 1. The van der Waals surface area contributed by atoms with Crippen LogP contribution in [0.3, 0.4) is 0 Å². The molecule has 0 unspecified atom stereocenters. The maximum atomic E-state index is 12.5. The van der Waals surface area contributed by atoms with Gasteiger partial charge in [0.1, 0.15) is 11.3 Å². The van der Waals surface area contributed by atoms with Crippen LogP contribution in [0.1, 0.15) is 49.4 Å². The second-order valence-electron chi connectivity index (χ2n) is 6.32. The lowest BCUT2D eigenvalue weighted by Gasteiger charge is -2.26. The van der Waals surface area contributed by atoms with E-state index in [1.54, 1.807) is 14.0 Å². The zero-order valence-corrected chi connectivity index (χ0v) is 14.2. The number of methoxy groups -OCH3 is 1. The third kappa shape index (κ3) is 3.58. The van der Waals surface area contributed by atoms with Crippen molar-refractivity contribution in [1.82, 2.24) is 15.5 Å². The molecule has 0 bridgehead atoms. The van der Waals surface area contributed by atoms with E-state index in [9.17, 15) is 4.79 Å². The molecule has 1 aliphatic rings. The molecular weight excluding hydrogens is 306 g/mol. The summed E-state index contributed by atoms with van der Waals surface area (Å²) in [5.74, 6) is 1.98. The molecule has 3 rings (SSSR count). The molecule has 128 valence electrons. The molecule has 0 spiro atoms. The summed E-state index contributed by atoms with van der Waals surface area (Å²) in [6.45, 7) is 1.77. The van der Waals surface area contributed by atoms with Gasteiger partial charge < -0.3 is 14.6 Å². The van der Waals surface area contributed by atoms with Gasteiger partial charge >= 0.3 is 0 Å². The van der Waals surface area contributed by atoms with Crippen molar-refractivity contribution in [1.29, 1.82) is 0 Å². The van der Waals surface area contributed by atoms with E-state index in [4.69, 9.17) is 9.26 Å². The number of aryl methyl sites for hydroxylation is 2. The van der Waals surface area contributed by atoms with E-state index in [-0.39, 0.29) is 5.91 Å². The monoisotopic (exact) mass is 329 g/mol. The van der Waals surface area contributed by atoms with E-state index in [1.165, 1.54) is 0 Å². The molecular formula is C18H23N3O3. The lowest BCUT2D eigenvalue weighted by atomic mass is 9.96. The Hall–Kier alpha value is -2.37. The SMILES string of the molecule is COc1ccc(CCC(=O)NC2(c3noc(C)n3)CCCC2)cc1. The summed E-state index contributed by atoms with van der Waals surface area (Å²) in [6, 6.07) is 7.79. The van der Waals surface area contributed by atoms with Crippen molar-refractivity contribution >= 4 is 5.91 Å². The van der Waals surface area contributed by atoms with Gasteiger partial charge in [0.2, 0.25) is 11.8 Å². The van der Waals surface area contributed by atoms with Gasteiger partial charge in [0, 0.05) is 13.3 Å². The van der Waals surface area contributed by atoms with E-state index in [2.05, 4.69) is 15.5 Å². The molecule has 6 nitrogen and oxygen atoms in total.